The highest BCUT2D eigenvalue weighted by Crippen LogP contribution is 2.29. The van der Waals surface area contributed by atoms with Crippen molar-refractivity contribution in [2.75, 3.05) is 12.4 Å². The Kier molecular flexibility index (Phi) is 5.55. The molecule has 0 atom stereocenters. The Morgan fingerprint density at radius 1 is 1.07 bits per heavy atom. The average Bonchev–Trinajstić information content (AvgIpc) is 3.13. The molecule has 1 aliphatic carbocycles. The second-order valence-corrected chi connectivity index (χ2v) is 8.76. The van der Waals surface area contributed by atoms with Crippen LogP contribution in [0.25, 0.3) is 10.2 Å². The second kappa shape index (κ2) is 8.23. The topological polar surface area (TPSA) is 56.3 Å². The van der Waals surface area contributed by atoms with Gasteiger partial charge in [-0.05, 0) is 55.0 Å². The largest absolute Gasteiger partial charge is 0.457 e. The first-order valence-corrected chi connectivity index (χ1v) is 10.8. The van der Waals surface area contributed by atoms with Crippen LogP contribution in [0.1, 0.15) is 34.3 Å². The number of fused-ring (bicyclic) bond motifs is 2. The minimum atomic E-state index is -0.398. The van der Waals surface area contributed by atoms with E-state index in [4.69, 9.17) is 4.74 Å². The first-order chi connectivity index (χ1) is 13.2. The molecule has 1 heterocycles. The number of thioether (sulfide) groups is 1. The van der Waals surface area contributed by atoms with E-state index >= 15 is 0 Å². The molecule has 138 valence electrons. The van der Waals surface area contributed by atoms with Gasteiger partial charge in [0.25, 0.3) is 0 Å². The fourth-order valence-corrected chi connectivity index (χ4v) is 5.08. The molecule has 0 radical (unpaired) electrons. The molecule has 0 bridgehead atoms. The van der Waals surface area contributed by atoms with Gasteiger partial charge in [0.2, 0.25) is 0 Å². The van der Waals surface area contributed by atoms with Crippen molar-refractivity contribution >= 4 is 45.1 Å². The van der Waals surface area contributed by atoms with Crippen molar-refractivity contribution in [2.45, 2.75) is 30.0 Å². The molecule has 4 rings (SSSR count). The van der Waals surface area contributed by atoms with E-state index in [1.807, 2.05) is 42.5 Å². The van der Waals surface area contributed by atoms with Gasteiger partial charge in [-0.3, -0.25) is 9.59 Å². The van der Waals surface area contributed by atoms with Crippen molar-refractivity contribution in [3.8, 4) is 0 Å². The van der Waals surface area contributed by atoms with Crippen LogP contribution in [0.2, 0.25) is 0 Å². The molecule has 0 aliphatic heterocycles. The first kappa shape index (κ1) is 18.2. The lowest BCUT2D eigenvalue weighted by Crippen LogP contribution is -2.16. The smallest absolute Gasteiger partial charge is 0.316 e. The summed E-state index contributed by atoms with van der Waals surface area (Å²) >= 11 is 2.89. The van der Waals surface area contributed by atoms with Gasteiger partial charge in [-0.25, -0.2) is 4.98 Å². The molecule has 6 heteroatoms. The molecular weight excluding hydrogens is 378 g/mol. The van der Waals surface area contributed by atoms with Crippen molar-refractivity contribution in [2.24, 2.45) is 0 Å². The Balaban J connectivity index is 1.29. The van der Waals surface area contributed by atoms with Crippen molar-refractivity contribution < 1.29 is 14.3 Å². The summed E-state index contributed by atoms with van der Waals surface area (Å²) in [6.07, 6.45) is 4.49. The van der Waals surface area contributed by atoms with Crippen LogP contribution in [0.3, 0.4) is 0 Å². The molecule has 0 saturated carbocycles. The molecule has 1 aliphatic rings. The number of hydrogen-bond acceptors (Lipinski definition) is 6. The molecule has 0 fully saturated rings. The highest BCUT2D eigenvalue weighted by Gasteiger charge is 2.15. The van der Waals surface area contributed by atoms with E-state index in [0.717, 1.165) is 27.4 Å². The van der Waals surface area contributed by atoms with Crippen LogP contribution in [0, 0.1) is 0 Å². The van der Waals surface area contributed by atoms with E-state index < -0.39 is 5.97 Å². The Labute approximate surface area is 166 Å². The number of benzene rings is 2. The summed E-state index contributed by atoms with van der Waals surface area (Å²) in [6, 6.07) is 13.7. The van der Waals surface area contributed by atoms with Crippen LogP contribution >= 0.6 is 23.1 Å². The molecule has 2 aromatic carbocycles. The van der Waals surface area contributed by atoms with Gasteiger partial charge in [-0.1, -0.05) is 36.0 Å². The monoisotopic (exact) mass is 397 g/mol. The van der Waals surface area contributed by atoms with Crippen LogP contribution in [-0.4, -0.2) is 29.1 Å². The number of para-hydroxylation sites is 1. The molecular formula is C21H19NO3S2. The SMILES string of the molecule is O=C(CSc1nc2ccccc2s1)OCC(=O)c1ccc2c(c1)CCCC2. The lowest BCUT2D eigenvalue weighted by Gasteiger charge is -2.16. The van der Waals surface area contributed by atoms with Crippen molar-refractivity contribution in [3.63, 3.8) is 0 Å². The van der Waals surface area contributed by atoms with Crippen molar-refractivity contribution in [3.05, 3.63) is 59.2 Å². The number of nitrogens with zero attached hydrogens (tertiary/aromatic N) is 1. The number of ether oxygens (including phenoxy) is 1. The maximum atomic E-state index is 12.3. The van der Waals surface area contributed by atoms with E-state index in [0.29, 0.717) is 5.56 Å². The lowest BCUT2D eigenvalue weighted by atomic mass is 9.90. The van der Waals surface area contributed by atoms with Crippen LogP contribution in [0.5, 0.6) is 0 Å². The fraction of sp³-hybridized carbons (Fsp3) is 0.286. The Hall–Kier alpha value is -2.18. The third-order valence-corrected chi connectivity index (χ3v) is 6.78. The minimum Gasteiger partial charge on any atom is -0.457 e. The summed E-state index contributed by atoms with van der Waals surface area (Å²) < 4.78 is 7.09. The molecule has 3 aromatic rings. The number of rotatable bonds is 6. The zero-order chi connectivity index (χ0) is 18.6. The molecule has 4 nitrogen and oxygen atoms in total. The summed E-state index contributed by atoms with van der Waals surface area (Å²) in [7, 11) is 0. The Morgan fingerprint density at radius 3 is 2.74 bits per heavy atom. The third kappa shape index (κ3) is 4.39. The first-order valence-electron chi connectivity index (χ1n) is 8.98. The molecule has 0 saturated heterocycles. The van der Waals surface area contributed by atoms with E-state index in [1.165, 1.54) is 35.7 Å². The van der Waals surface area contributed by atoms with Gasteiger partial charge in [0.1, 0.15) is 0 Å². The van der Waals surface area contributed by atoms with Crippen molar-refractivity contribution in [1.29, 1.82) is 0 Å². The number of hydrogen-bond donors (Lipinski definition) is 0. The van der Waals surface area contributed by atoms with Gasteiger partial charge in [0, 0.05) is 5.56 Å². The van der Waals surface area contributed by atoms with Crippen LogP contribution in [-0.2, 0) is 22.4 Å². The second-order valence-electron chi connectivity index (χ2n) is 6.51. The van der Waals surface area contributed by atoms with Gasteiger partial charge in [-0.2, -0.15) is 0 Å². The fourth-order valence-electron chi connectivity index (χ4n) is 3.21. The van der Waals surface area contributed by atoms with E-state index in [1.54, 1.807) is 11.3 Å². The van der Waals surface area contributed by atoms with E-state index in [9.17, 15) is 9.59 Å². The normalized spacial score (nSPS) is 13.3. The zero-order valence-electron chi connectivity index (χ0n) is 14.8. The highest BCUT2D eigenvalue weighted by atomic mass is 32.2. The minimum absolute atomic E-state index is 0.150. The molecule has 0 spiro atoms. The van der Waals surface area contributed by atoms with Crippen LogP contribution in [0.15, 0.2) is 46.8 Å². The number of thiazole rings is 1. The number of carbonyl (C=O) groups excluding carboxylic acids is 2. The van der Waals surface area contributed by atoms with Gasteiger partial charge in [0.05, 0.1) is 16.0 Å². The standard InChI is InChI=1S/C21H19NO3S2/c23-18(16-10-9-14-5-1-2-6-15(14)11-16)12-25-20(24)13-26-21-22-17-7-3-4-8-19(17)27-21/h3-4,7-11H,1-2,5-6,12-13H2. The van der Waals surface area contributed by atoms with Gasteiger partial charge >= 0.3 is 5.97 Å². The molecule has 1 aromatic heterocycles. The molecule has 0 unspecified atom stereocenters. The third-order valence-electron chi connectivity index (χ3n) is 4.62. The summed E-state index contributed by atoms with van der Waals surface area (Å²) in [6.45, 7) is -0.210. The van der Waals surface area contributed by atoms with Crippen LogP contribution < -0.4 is 0 Å². The van der Waals surface area contributed by atoms with E-state index in [2.05, 4.69) is 4.98 Å². The number of aryl methyl sites for hydroxylation is 2. The van der Waals surface area contributed by atoms with Gasteiger partial charge in [0.15, 0.2) is 16.7 Å². The highest BCUT2D eigenvalue weighted by molar-refractivity contribution is 8.01. The maximum Gasteiger partial charge on any atom is 0.316 e. The predicted octanol–water partition coefficient (Wildman–Crippen LogP) is 4.69. The van der Waals surface area contributed by atoms with E-state index in [-0.39, 0.29) is 18.1 Å². The number of aromatic nitrogens is 1. The number of ketones is 1. The molecule has 0 amide bonds. The van der Waals surface area contributed by atoms with Crippen LogP contribution in [0.4, 0.5) is 0 Å². The summed E-state index contributed by atoms with van der Waals surface area (Å²) in [4.78, 5) is 28.8. The number of Topliss-reactive ketones (excluding diaryl/α,β-unsaturated/α-hetero) is 1. The summed E-state index contributed by atoms with van der Waals surface area (Å²) in [5.74, 6) is -0.399. The maximum absolute atomic E-state index is 12.3. The predicted molar refractivity (Wildman–Crippen MR) is 109 cm³/mol. The van der Waals surface area contributed by atoms with Crippen molar-refractivity contribution in [1.82, 2.24) is 4.98 Å². The lowest BCUT2D eigenvalue weighted by molar-refractivity contribution is -0.139. The summed E-state index contributed by atoms with van der Waals surface area (Å²) in [5.41, 5.74) is 4.15. The Morgan fingerprint density at radius 2 is 1.89 bits per heavy atom. The molecule has 0 N–H and O–H groups in total. The van der Waals surface area contributed by atoms with Gasteiger partial charge in [-0.15, -0.1) is 11.3 Å². The number of carbonyl (C=O) groups is 2. The Bertz CT molecular complexity index is 963. The summed E-state index contributed by atoms with van der Waals surface area (Å²) in [5, 5.41) is 0. The average molecular weight is 398 g/mol. The zero-order valence-corrected chi connectivity index (χ0v) is 16.4. The number of esters is 1. The molecule has 27 heavy (non-hydrogen) atoms. The quantitative estimate of drug-likeness (QED) is 0.343. The van der Waals surface area contributed by atoms with Gasteiger partial charge < -0.3 is 4.74 Å².